The van der Waals surface area contributed by atoms with E-state index in [4.69, 9.17) is 0 Å². The van der Waals surface area contributed by atoms with Crippen molar-refractivity contribution in [3.8, 4) is 33.4 Å². The van der Waals surface area contributed by atoms with Crippen LogP contribution in [0.2, 0.25) is 0 Å². The van der Waals surface area contributed by atoms with Gasteiger partial charge in [0.1, 0.15) is 0 Å². The van der Waals surface area contributed by atoms with Gasteiger partial charge in [-0.05, 0) is 94.7 Å². The standard InChI is InChI=1S/C40H26/c1-2-12-27(13-3-1)29-16-10-17-30(24-29)38-25-31-26-39(33-23-11-15-28-14-4-5-18-32(28)33)35-20-7-9-22-37(35)40(31)36-21-8-6-19-34(36)38/h1-26H. The molecule has 0 fully saturated rings. The zero-order valence-electron chi connectivity index (χ0n) is 22.0. The molecule has 0 nitrogen and oxygen atoms in total. The maximum absolute atomic E-state index is 2.41. The Morgan fingerprint density at radius 3 is 1.55 bits per heavy atom. The molecule has 0 heterocycles. The monoisotopic (exact) mass is 506 g/mol. The number of hydrogen-bond donors (Lipinski definition) is 0. The quantitative estimate of drug-likeness (QED) is 0.209. The van der Waals surface area contributed by atoms with Crippen LogP contribution >= 0.6 is 0 Å². The first-order valence-electron chi connectivity index (χ1n) is 13.9. The average molecular weight is 507 g/mol. The van der Waals surface area contributed by atoms with Gasteiger partial charge in [-0.25, -0.2) is 0 Å². The van der Waals surface area contributed by atoms with Gasteiger partial charge >= 0.3 is 0 Å². The minimum Gasteiger partial charge on any atom is -0.0622 e. The average Bonchev–Trinajstić information content (AvgIpc) is 3.04. The fourth-order valence-corrected chi connectivity index (χ4v) is 6.40. The van der Waals surface area contributed by atoms with Crippen molar-refractivity contribution in [2.45, 2.75) is 0 Å². The maximum Gasteiger partial charge on any atom is -0.00259 e. The summed E-state index contributed by atoms with van der Waals surface area (Å²) in [5, 5.41) is 10.3. The van der Waals surface area contributed by atoms with E-state index in [1.165, 1.54) is 76.5 Å². The fraction of sp³-hybridized carbons (Fsp3) is 0. The Balaban J connectivity index is 1.47. The Morgan fingerprint density at radius 1 is 0.250 bits per heavy atom. The Hall–Kier alpha value is -5.20. The SMILES string of the molecule is c1ccc(-c2cccc(-c3cc4cc(-c5cccc6ccccc56)c5ccccc5c4c4ccccc34)c2)cc1. The minimum absolute atomic E-state index is 1.23. The zero-order valence-corrected chi connectivity index (χ0v) is 22.0. The Bertz CT molecular complexity index is 2200. The number of rotatable bonds is 3. The molecule has 0 saturated carbocycles. The van der Waals surface area contributed by atoms with Crippen molar-refractivity contribution < 1.29 is 0 Å². The second-order valence-corrected chi connectivity index (χ2v) is 10.5. The predicted octanol–water partition coefficient (Wildman–Crippen LogP) is 11.3. The normalized spacial score (nSPS) is 11.5. The van der Waals surface area contributed by atoms with Crippen molar-refractivity contribution in [1.29, 1.82) is 0 Å². The van der Waals surface area contributed by atoms with Gasteiger partial charge in [0.2, 0.25) is 0 Å². The smallest absolute Gasteiger partial charge is 0.00259 e. The van der Waals surface area contributed by atoms with E-state index in [9.17, 15) is 0 Å². The molecule has 8 aromatic carbocycles. The number of fused-ring (bicyclic) bond motifs is 6. The third-order valence-corrected chi connectivity index (χ3v) is 8.22. The summed E-state index contributed by atoms with van der Waals surface area (Å²) in [5.41, 5.74) is 7.52. The summed E-state index contributed by atoms with van der Waals surface area (Å²) >= 11 is 0. The zero-order chi connectivity index (χ0) is 26.5. The van der Waals surface area contributed by atoms with Crippen molar-refractivity contribution in [2.24, 2.45) is 0 Å². The Kier molecular flexibility index (Phi) is 5.24. The molecule has 0 amide bonds. The molecule has 0 atom stereocenters. The molecule has 0 unspecified atom stereocenters. The first-order chi connectivity index (χ1) is 19.8. The van der Waals surface area contributed by atoms with Gasteiger partial charge in [0.15, 0.2) is 0 Å². The lowest BCUT2D eigenvalue weighted by Crippen LogP contribution is -1.90. The van der Waals surface area contributed by atoms with Gasteiger partial charge in [0.25, 0.3) is 0 Å². The molecule has 0 aliphatic carbocycles. The van der Waals surface area contributed by atoms with Gasteiger partial charge in [-0.15, -0.1) is 0 Å². The molecule has 0 spiro atoms. The molecule has 0 aromatic heterocycles. The number of hydrogen-bond acceptors (Lipinski definition) is 0. The van der Waals surface area contributed by atoms with E-state index in [0.29, 0.717) is 0 Å². The third-order valence-electron chi connectivity index (χ3n) is 8.22. The van der Waals surface area contributed by atoms with Crippen LogP contribution in [0.25, 0.3) is 76.5 Å². The van der Waals surface area contributed by atoms with E-state index in [1.807, 2.05) is 0 Å². The lowest BCUT2D eigenvalue weighted by atomic mass is 9.86. The Labute approximate surface area is 233 Å². The van der Waals surface area contributed by atoms with Crippen LogP contribution in [-0.4, -0.2) is 0 Å². The van der Waals surface area contributed by atoms with Crippen LogP contribution in [0.4, 0.5) is 0 Å². The van der Waals surface area contributed by atoms with Crippen LogP contribution in [0, 0.1) is 0 Å². The lowest BCUT2D eigenvalue weighted by molar-refractivity contribution is 1.61. The van der Waals surface area contributed by atoms with E-state index < -0.39 is 0 Å². The van der Waals surface area contributed by atoms with E-state index in [1.54, 1.807) is 0 Å². The van der Waals surface area contributed by atoms with Crippen LogP contribution in [0.5, 0.6) is 0 Å². The van der Waals surface area contributed by atoms with Gasteiger partial charge in [0, 0.05) is 0 Å². The molecule has 8 aromatic rings. The van der Waals surface area contributed by atoms with Crippen LogP contribution in [0.3, 0.4) is 0 Å². The van der Waals surface area contributed by atoms with E-state index in [2.05, 4.69) is 158 Å². The summed E-state index contributed by atoms with van der Waals surface area (Å²) in [5.74, 6) is 0. The van der Waals surface area contributed by atoms with Crippen molar-refractivity contribution in [1.82, 2.24) is 0 Å². The van der Waals surface area contributed by atoms with Crippen molar-refractivity contribution in [3.63, 3.8) is 0 Å². The molecule has 186 valence electrons. The van der Waals surface area contributed by atoms with Gasteiger partial charge in [0.05, 0.1) is 0 Å². The first kappa shape index (κ1) is 22.8. The van der Waals surface area contributed by atoms with E-state index >= 15 is 0 Å². The summed E-state index contributed by atoms with van der Waals surface area (Å²) in [7, 11) is 0. The van der Waals surface area contributed by atoms with Gasteiger partial charge in [-0.1, -0.05) is 140 Å². The second-order valence-electron chi connectivity index (χ2n) is 10.5. The summed E-state index contributed by atoms with van der Waals surface area (Å²) in [4.78, 5) is 0. The highest BCUT2D eigenvalue weighted by Gasteiger charge is 2.15. The molecule has 0 aliphatic rings. The lowest BCUT2D eigenvalue weighted by Gasteiger charge is -2.17. The summed E-state index contributed by atoms with van der Waals surface area (Å²) < 4.78 is 0. The highest BCUT2D eigenvalue weighted by atomic mass is 14.2. The molecule has 0 aliphatic heterocycles. The van der Waals surface area contributed by atoms with Crippen molar-refractivity contribution >= 4 is 43.1 Å². The van der Waals surface area contributed by atoms with Gasteiger partial charge in [-0.3, -0.25) is 0 Å². The highest BCUT2D eigenvalue weighted by Crippen LogP contribution is 2.43. The summed E-state index contributed by atoms with van der Waals surface area (Å²) in [6, 6.07) is 57.5. The summed E-state index contributed by atoms with van der Waals surface area (Å²) in [6.45, 7) is 0. The third kappa shape index (κ3) is 3.61. The highest BCUT2D eigenvalue weighted by molar-refractivity contribution is 6.26. The molecule has 0 bridgehead atoms. The number of benzene rings is 8. The molecule has 0 heteroatoms. The van der Waals surface area contributed by atoms with Gasteiger partial charge < -0.3 is 0 Å². The molecular weight excluding hydrogens is 480 g/mol. The van der Waals surface area contributed by atoms with Crippen LogP contribution in [0.15, 0.2) is 158 Å². The maximum atomic E-state index is 2.41. The largest absolute Gasteiger partial charge is 0.0622 e. The van der Waals surface area contributed by atoms with Crippen LogP contribution < -0.4 is 0 Å². The fourth-order valence-electron chi connectivity index (χ4n) is 6.40. The topological polar surface area (TPSA) is 0 Å². The van der Waals surface area contributed by atoms with Crippen molar-refractivity contribution in [2.75, 3.05) is 0 Å². The first-order valence-corrected chi connectivity index (χ1v) is 13.9. The van der Waals surface area contributed by atoms with Crippen molar-refractivity contribution in [3.05, 3.63) is 158 Å². The molecule has 40 heavy (non-hydrogen) atoms. The van der Waals surface area contributed by atoms with E-state index in [-0.39, 0.29) is 0 Å². The van der Waals surface area contributed by atoms with E-state index in [0.717, 1.165) is 0 Å². The van der Waals surface area contributed by atoms with Crippen LogP contribution in [0.1, 0.15) is 0 Å². The predicted molar refractivity (Wildman–Crippen MR) is 173 cm³/mol. The minimum atomic E-state index is 1.23. The van der Waals surface area contributed by atoms with Crippen LogP contribution in [-0.2, 0) is 0 Å². The molecule has 0 saturated heterocycles. The molecule has 8 rings (SSSR count). The second kappa shape index (κ2) is 9.22. The van der Waals surface area contributed by atoms with Gasteiger partial charge in [-0.2, -0.15) is 0 Å². The Morgan fingerprint density at radius 2 is 0.775 bits per heavy atom. The molecule has 0 N–H and O–H groups in total. The molecular formula is C40H26. The summed E-state index contributed by atoms with van der Waals surface area (Å²) in [6.07, 6.45) is 0. The molecule has 0 radical (unpaired) electrons.